The summed E-state index contributed by atoms with van der Waals surface area (Å²) in [5.41, 5.74) is 0. The van der Waals surface area contributed by atoms with Crippen molar-refractivity contribution in [1.82, 2.24) is 16.0 Å². The molecule has 0 aromatic rings. The molecule has 0 aromatic carbocycles. The fourth-order valence-electron chi connectivity index (χ4n) is 0.779. The predicted octanol–water partition coefficient (Wildman–Crippen LogP) is -1.63. The Morgan fingerprint density at radius 3 is 2.29 bits per heavy atom. The molecule has 6 heteroatoms. The normalized spacial score (nSPS) is 11.4. The Bertz CT molecular complexity index is 240. The molecular weight excluding hydrogens is 186 g/mol. The third-order valence-electron chi connectivity index (χ3n) is 1.52. The van der Waals surface area contributed by atoms with Crippen LogP contribution in [0.4, 0.5) is 0 Å². The predicted molar refractivity (Wildman–Crippen MR) is 50.4 cm³/mol. The van der Waals surface area contributed by atoms with Crippen LogP contribution in [0.15, 0.2) is 0 Å². The Morgan fingerprint density at radius 1 is 1.29 bits per heavy atom. The molecule has 0 aliphatic carbocycles. The molecule has 0 radical (unpaired) electrons. The van der Waals surface area contributed by atoms with Crippen LogP contribution in [0.25, 0.3) is 0 Å². The maximum Gasteiger partial charge on any atom is 0.242 e. The highest BCUT2D eigenvalue weighted by atomic mass is 16.2. The van der Waals surface area contributed by atoms with Gasteiger partial charge in [-0.25, -0.2) is 0 Å². The van der Waals surface area contributed by atoms with Gasteiger partial charge >= 0.3 is 0 Å². The Hall–Kier alpha value is -1.59. The fraction of sp³-hybridized carbons (Fsp3) is 0.625. The molecule has 0 aliphatic rings. The van der Waals surface area contributed by atoms with Crippen molar-refractivity contribution in [2.45, 2.75) is 19.9 Å². The van der Waals surface area contributed by atoms with Gasteiger partial charge in [0.25, 0.3) is 0 Å². The standard InChI is InChI=1S/C8H15N3O3/c1-5(11-6(2)12)8(14)10-4-7(13)9-3/h5H,4H2,1-3H3,(H,9,13)(H,10,14)(H,11,12). The first-order chi connectivity index (χ1) is 6.47. The Labute approximate surface area is 82.4 Å². The fourth-order valence-corrected chi connectivity index (χ4v) is 0.779. The lowest BCUT2D eigenvalue weighted by atomic mass is 10.3. The van der Waals surface area contributed by atoms with Gasteiger partial charge in [-0.2, -0.15) is 0 Å². The summed E-state index contributed by atoms with van der Waals surface area (Å²) < 4.78 is 0. The van der Waals surface area contributed by atoms with E-state index in [0.717, 1.165) is 0 Å². The Morgan fingerprint density at radius 2 is 1.86 bits per heavy atom. The third-order valence-corrected chi connectivity index (χ3v) is 1.52. The molecule has 1 unspecified atom stereocenters. The lowest BCUT2D eigenvalue weighted by Gasteiger charge is -2.11. The first-order valence-corrected chi connectivity index (χ1v) is 4.22. The van der Waals surface area contributed by atoms with E-state index in [-0.39, 0.29) is 24.3 Å². The quantitative estimate of drug-likeness (QED) is 0.510. The molecule has 80 valence electrons. The van der Waals surface area contributed by atoms with Crippen LogP contribution in [-0.4, -0.2) is 37.4 Å². The van der Waals surface area contributed by atoms with Crippen LogP contribution >= 0.6 is 0 Å². The van der Waals surface area contributed by atoms with Crippen molar-refractivity contribution in [1.29, 1.82) is 0 Å². The van der Waals surface area contributed by atoms with Crippen LogP contribution < -0.4 is 16.0 Å². The number of amides is 3. The van der Waals surface area contributed by atoms with E-state index in [2.05, 4.69) is 16.0 Å². The molecule has 0 aliphatic heterocycles. The molecule has 0 aromatic heterocycles. The first-order valence-electron chi connectivity index (χ1n) is 4.22. The third kappa shape index (κ3) is 5.13. The van der Waals surface area contributed by atoms with Crippen molar-refractivity contribution in [3.05, 3.63) is 0 Å². The summed E-state index contributed by atoms with van der Waals surface area (Å²) in [5.74, 6) is -0.954. The van der Waals surface area contributed by atoms with Crippen LogP contribution in [0, 0.1) is 0 Å². The highest BCUT2D eigenvalue weighted by molar-refractivity contribution is 5.89. The molecule has 0 bridgehead atoms. The number of hydrogen-bond acceptors (Lipinski definition) is 3. The number of carbonyl (C=O) groups is 3. The summed E-state index contributed by atoms with van der Waals surface area (Å²) in [6.45, 7) is 2.78. The number of rotatable bonds is 4. The molecule has 0 heterocycles. The molecule has 0 spiro atoms. The zero-order chi connectivity index (χ0) is 11.1. The molecule has 14 heavy (non-hydrogen) atoms. The van der Waals surface area contributed by atoms with Gasteiger partial charge in [0.05, 0.1) is 6.54 Å². The van der Waals surface area contributed by atoms with E-state index in [1.165, 1.54) is 14.0 Å². The number of carbonyl (C=O) groups excluding carboxylic acids is 3. The minimum atomic E-state index is -0.628. The van der Waals surface area contributed by atoms with E-state index in [4.69, 9.17) is 0 Å². The molecule has 6 nitrogen and oxygen atoms in total. The van der Waals surface area contributed by atoms with Gasteiger partial charge in [0.1, 0.15) is 6.04 Å². The number of likely N-dealkylation sites (N-methyl/N-ethyl adjacent to an activating group) is 1. The van der Waals surface area contributed by atoms with Crippen molar-refractivity contribution in [2.24, 2.45) is 0 Å². The zero-order valence-electron chi connectivity index (χ0n) is 8.51. The smallest absolute Gasteiger partial charge is 0.242 e. The molecule has 0 fully saturated rings. The second-order valence-electron chi connectivity index (χ2n) is 2.81. The summed E-state index contributed by atoms with van der Waals surface area (Å²) in [5, 5.41) is 7.13. The van der Waals surface area contributed by atoms with Crippen molar-refractivity contribution < 1.29 is 14.4 Å². The van der Waals surface area contributed by atoms with Gasteiger partial charge in [0.2, 0.25) is 17.7 Å². The average molecular weight is 201 g/mol. The van der Waals surface area contributed by atoms with Gasteiger partial charge in [0, 0.05) is 14.0 Å². The number of hydrogen-bond donors (Lipinski definition) is 3. The van der Waals surface area contributed by atoms with E-state index >= 15 is 0 Å². The molecule has 0 saturated heterocycles. The summed E-state index contributed by atoms with van der Waals surface area (Å²) in [7, 11) is 1.48. The van der Waals surface area contributed by atoms with E-state index < -0.39 is 6.04 Å². The second kappa shape index (κ2) is 5.95. The topological polar surface area (TPSA) is 87.3 Å². The van der Waals surface area contributed by atoms with Crippen LogP contribution in [0.1, 0.15) is 13.8 Å². The molecule has 3 N–H and O–H groups in total. The summed E-state index contributed by atoms with van der Waals surface area (Å²) in [6, 6.07) is -0.628. The van der Waals surface area contributed by atoms with Crippen molar-refractivity contribution in [3.8, 4) is 0 Å². The maximum absolute atomic E-state index is 11.2. The second-order valence-corrected chi connectivity index (χ2v) is 2.81. The van der Waals surface area contributed by atoms with Crippen LogP contribution in [0.3, 0.4) is 0 Å². The molecule has 0 saturated carbocycles. The van der Waals surface area contributed by atoms with Gasteiger partial charge in [0.15, 0.2) is 0 Å². The van der Waals surface area contributed by atoms with Gasteiger partial charge in [-0.15, -0.1) is 0 Å². The molecular formula is C8H15N3O3. The lowest BCUT2D eigenvalue weighted by molar-refractivity contribution is -0.129. The van der Waals surface area contributed by atoms with Gasteiger partial charge in [-0.1, -0.05) is 0 Å². The highest BCUT2D eigenvalue weighted by Gasteiger charge is 2.13. The molecule has 0 rings (SSSR count). The van der Waals surface area contributed by atoms with Crippen molar-refractivity contribution in [3.63, 3.8) is 0 Å². The summed E-state index contributed by atoms with van der Waals surface area (Å²) in [6.07, 6.45) is 0. The number of nitrogens with one attached hydrogen (secondary N) is 3. The largest absolute Gasteiger partial charge is 0.358 e. The minimum Gasteiger partial charge on any atom is -0.358 e. The summed E-state index contributed by atoms with van der Waals surface area (Å²) >= 11 is 0. The monoisotopic (exact) mass is 201 g/mol. The lowest BCUT2D eigenvalue weighted by Crippen LogP contribution is -2.46. The molecule has 1 atom stereocenters. The maximum atomic E-state index is 11.2. The summed E-state index contributed by atoms with van der Waals surface area (Å²) in [4.78, 5) is 32.5. The van der Waals surface area contributed by atoms with Crippen LogP contribution in [0.5, 0.6) is 0 Å². The van der Waals surface area contributed by atoms with E-state index in [1.54, 1.807) is 6.92 Å². The van der Waals surface area contributed by atoms with Gasteiger partial charge < -0.3 is 16.0 Å². The highest BCUT2D eigenvalue weighted by Crippen LogP contribution is 1.81. The average Bonchev–Trinajstić information content (AvgIpc) is 2.12. The Kier molecular flexibility index (Phi) is 5.28. The van der Waals surface area contributed by atoms with E-state index in [9.17, 15) is 14.4 Å². The van der Waals surface area contributed by atoms with Gasteiger partial charge in [-0.05, 0) is 6.92 Å². The SMILES string of the molecule is CNC(=O)CNC(=O)C(C)NC(C)=O. The van der Waals surface area contributed by atoms with Crippen LogP contribution in [-0.2, 0) is 14.4 Å². The Balaban J connectivity index is 3.84. The van der Waals surface area contributed by atoms with Crippen LogP contribution in [0.2, 0.25) is 0 Å². The first kappa shape index (κ1) is 12.4. The molecule has 3 amide bonds. The zero-order valence-corrected chi connectivity index (χ0v) is 8.51. The van der Waals surface area contributed by atoms with Crippen molar-refractivity contribution in [2.75, 3.05) is 13.6 Å². The van der Waals surface area contributed by atoms with Gasteiger partial charge in [-0.3, -0.25) is 14.4 Å². The minimum absolute atomic E-state index is 0.0841. The van der Waals surface area contributed by atoms with E-state index in [0.29, 0.717) is 0 Å². The van der Waals surface area contributed by atoms with Crippen molar-refractivity contribution >= 4 is 17.7 Å². The van der Waals surface area contributed by atoms with E-state index in [1.807, 2.05) is 0 Å².